The Bertz CT molecular complexity index is 433. The van der Waals surface area contributed by atoms with Gasteiger partial charge in [0.25, 0.3) is 11.6 Å². The molecule has 7 heteroatoms. The third-order valence-corrected chi connectivity index (χ3v) is 2.36. The number of rotatable bonds is 9. The van der Waals surface area contributed by atoms with Crippen LogP contribution < -0.4 is 10.3 Å². The van der Waals surface area contributed by atoms with Crippen LogP contribution in [0, 0.1) is 6.92 Å². The first-order chi connectivity index (χ1) is 9.16. The monoisotopic (exact) mass is 272 g/mol. The van der Waals surface area contributed by atoms with Crippen molar-refractivity contribution in [3.63, 3.8) is 0 Å². The summed E-state index contributed by atoms with van der Waals surface area (Å²) in [5.41, 5.74) is 0.454. The first-order valence-electron chi connectivity index (χ1n) is 6.08. The minimum absolute atomic E-state index is 0.0102. The first kappa shape index (κ1) is 15.6. The van der Waals surface area contributed by atoms with Crippen molar-refractivity contribution in [1.82, 2.24) is 9.55 Å². The number of nitrogens with zero attached hydrogens (tertiary/aromatic N) is 2. The average molecular weight is 272 g/mol. The summed E-state index contributed by atoms with van der Waals surface area (Å²) >= 11 is 0. The second kappa shape index (κ2) is 8.63. The zero-order chi connectivity index (χ0) is 14.1. The van der Waals surface area contributed by atoms with Gasteiger partial charge in [0, 0.05) is 18.8 Å². The fourth-order valence-electron chi connectivity index (χ4n) is 1.36. The molecule has 1 heterocycles. The summed E-state index contributed by atoms with van der Waals surface area (Å²) in [5.74, 6) is 0. The molecule has 0 aromatic carbocycles. The smallest absolute Gasteiger partial charge is 0.298 e. The summed E-state index contributed by atoms with van der Waals surface area (Å²) in [6.07, 6.45) is 1.49. The molecule has 0 fully saturated rings. The van der Waals surface area contributed by atoms with Crippen LogP contribution in [0.15, 0.2) is 11.0 Å². The maximum Gasteiger partial charge on any atom is 0.298 e. The normalized spacial score (nSPS) is 10.7. The zero-order valence-electron chi connectivity index (χ0n) is 11.3. The van der Waals surface area contributed by atoms with Crippen molar-refractivity contribution >= 4 is 0 Å². The van der Waals surface area contributed by atoms with Crippen LogP contribution in [-0.2, 0) is 16.5 Å². The molecule has 0 atom stereocenters. The van der Waals surface area contributed by atoms with E-state index in [0.717, 1.165) is 0 Å². The molecule has 0 aliphatic carbocycles. The lowest BCUT2D eigenvalue weighted by molar-refractivity contribution is 0.0235. The molecule has 0 unspecified atom stereocenters. The van der Waals surface area contributed by atoms with E-state index in [1.54, 1.807) is 14.0 Å². The van der Waals surface area contributed by atoms with Gasteiger partial charge >= 0.3 is 0 Å². The Morgan fingerprint density at radius 3 is 2.53 bits per heavy atom. The van der Waals surface area contributed by atoms with Crippen molar-refractivity contribution in [2.75, 3.05) is 39.6 Å². The highest BCUT2D eigenvalue weighted by atomic mass is 16.5. The van der Waals surface area contributed by atoms with Gasteiger partial charge in [-0.1, -0.05) is 0 Å². The molecule has 0 bridgehead atoms. The molecule has 0 saturated heterocycles. The standard InChI is InChI=1S/C12H20N2O5/c1-10-9-13-12(14(2)11(10)16)19-8-7-18-6-5-17-4-3-15/h9,15H,3-8H2,1-2H3. The van der Waals surface area contributed by atoms with Crippen LogP contribution in [0.5, 0.6) is 6.01 Å². The van der Waals surface area contributed by atoms with Gasteiger partial charge in [-0.25, -0.2) is 4.98 Å². The van der Waals surface area contributed by atoms with Crippen LogP contribution in [0.2, 0.25) is 0 Å². The molecular weight excluding hydrogens is 252 g/mol. The van der Waals surface area contributed by atoms with Crippen LogP contribution in [0.3, 0.4) is 0 Å². The van der Waals surface area contributed by atoms with E-state index in [-0.39, 0.29) is 18.2 Å². The minimum Gasteiger partial charge on any atom is -0.462 e. The van der Waals surface area contributed by atoms with Gasteiger partial charge < -0.3 is 19.3 Å². The van der Waals surface area contributed by atoms with Gasteiger partial charge in [0.15, 0.2) is 0 Å². The van der Waals surface area contributed by atoms with E-state index >= 15 is 0 Å². The molecule has 0 aliphatic rings. The number of aryl methyl sites for hydroxylation is 1. The summed E-state index contributed by atoms with van der Waals surface area (Å²) in [5, 5.41) is 8.48. The third-order valence-electron chi connectivity index (χ3n) is 2.36. The number of ether oxygens (including phenoxy) is 3. The van der Waals surface area contributed by atoms with Gasteiger partial charge in [0.2, 0.25) is 0 Å². The first-order valence-corrected chi connectivity index (χ1v) is 6.08. The fourth-order valence-corrected chi connectivity index (χ4v) is 1.36. The number of hydrogen-bond acceptors (Lipinski definition) is 6. The number of hydrogen-bond donors (Lipinski definition) is 1. The zero-order valence-corrected chi connectivity index (χ0v) is 11.3. The largest absolute Gasteiger partial charge is 0.462 e. The summed E-state index contributed by atoms with van der Waals surface area (Å²) in [7, 11) is 1.61. The predicted molar refractivity (Wildman–Crippen MR) is 68.4 cm³/mol. The molecular formula is C12H20N2O5. The average Bonchev–Trinajstić information content (AvgIpc) is 2.41. The minimum atomic E-state index is -0.122. The van der Waals surface area contributed by atoms with Crippen molar-refractivity contribution in [2.24, 2.45) is 7.05 Å². The topological polar surface area (TPSA) is 82.8 Å². The molecule has 0 radical (unpaired) electrons. The lowest BCUT2D eigenvalue weighted by Crippen LogP contribution is -2.23. The van der Waals surface area contributed by atoms with Crippen molar-refractivity contribution in [1.29, 1.82) is 0 Å². The Morgan fingerprint density at radius 2 is 1.84 bits per heavy atom. The lowest BCUT2D eigenvalue weighted by Gasteiger charge is -2.09. The van der Waals surface area contributed by atoms with Crippen LogP contribution in [0.25, 0.3) is 0 Å². The Labute approximate surface area is 111 Å². The van der Waals surface area contributed by atoms with Gasteiger partial charge in [-0.05, 0) is 6.92 Å². The summed E-state index contributed by atoms with van der Waals surface area (Å²) in [4.78, 5) is 15.6. The third kappa shape index (κ3) is 5.37. The summed E-state index contributed by atoms with van der Waals surface area (Å²) in [6, 6.07) is 0.274. The van der Waals surface area contributed by atoms with E-state index in [1.807, 2.05) is 0 Å². The van der Waals surface area contributed by atoms with Crippen LogP contribution in [-0.4, -0.2) is 54.3 Å². The number of aliphatic hydroxyl groups is 1. The molecule has 1 N–H and O–H groups in total. The molecule has 0 aliphatic heterocycles. The van der Waals surface area contributed by atoms with E-state index in [0.29, 0.717) is 38.6 Å². The second-order valence-corrected chi connectivity index (χ2v) is 3.88. The highest BCUT2D eigenvalue weighted by molar-refractivity contribution is 5.07. The van der Waals surface area contributed by atoms with E-state index in [9.17, 15) is 4.79 Å². The quantitative estimate of drug-likeness (QED) is 0.610. The molecule has 0 spiro atoms. The van der Waals surface area contributed by atoms with Gasteiger partial charge in [-0.2, -0.15) is 0 Å². The SMILES string of the molecule is Cc1cnc(OCCOCCOCCO)n(C)c1=O. The van der Waals surface area contributed by atoms with Gasteiger partial charge in [-0.3, -0.25) is 9.36 Å². The summed E-state index contributed by atoms with van der Waals surface area (Å²) in [6.45, 7) is 3.58. The van der Waals surface area contributed by atoms with Crippen molar-refractivity contribution in [3.8, 4) is 6.01 Å². The maximum atomic E-state index is 11.6. The lowest BCUT2D eigenvalue weighted by atomic mass is 10.4. The molecule has 108 valence electrons. The van der Waals surface area contributed by atoms with Crippen LogP contribution >= 0.6 is 0 Å². The molecule has 1 aromatic rings. The van der Waals surface area contributed by atoms with E-state index < -0.39 is 0 Å². The van der Waals surface area contributed by atoms with Crippen molar-refractivity contribution in [2.45, 2.75) is 6.92 Å². The Balaban J connectivity index is 2.20. The van der Waals surface area contributed by atoms with Gasteiger partial charge in [0.1, 0.15) is 6.61 Å². The molecule has 7 nitrogen and oxygen atoms in total. The molecule has 19 heavy (non-hydrogen) atoms. The van der Waals surface area contributed by atoms with E-state index in [1.165, 1.54) is 10.8 Å². The molecule has 0 saturated carbocycles. The highest BCUT2D eigenvalue weighted by Crippen LogP contribution is 2.01. The maximum absolute atomic E-state index is 11.6. The van der Waals surface area contributed by atoms with E-state index in [4.69, 9.17) is 19.3 Å². The second-order valence-electron chi connectivity index (χ2n) is 3.88. The van der Waals surface area contributed by atoms with Crippen LogP contribution in [0.1, 0.15) is 5.56 Å². The van der Waals surface area contributed by atoms with Crippen LogP contribution in [0.4, 0.5) is 0 Å². The fraction of sp³-hybridized carbons (Fsp3) is 0.667. The van der Waals surface area contributed by atoms with Gasteiger partial charge in [0.05, 0.1) is 33.0 Å². The Hall–Kier alpha value is -1.44. The summed E-state index contributed by atoms with van der Waals surface area (Å²) < 4.78 is 17.0. The number of aromatic nitrogens is 2. The Morgan fingerprint density at radius 1 is 1.21 bits per heavy atom. The molecule has 0 amide bonds. The Kier molecular flexibility index (Phi) is 7.09. The van der Waals surface area contributed by atoms with Crippen molar-refractivity contribution < 1.29 is 19.3 Å². The van der Waals surface area contributed by atoms with Gasteiger partial charge in [-0.15, -0.1) is 0 Å². The van der Waals surface area contributed by atoms with E-state index in [2.05, 4.69) is 4.98 Å². The molecule has 1 aromatic heterocycles. The molecule has 1 rings (SSSR count). The van der Waals surface area contributed by atoms with Crippen molar-refractivity contribution in [3.05, 3.63) is 22.1 Å². The number of aliphatic hydroxyl groups excluding tert-OH is 1. The predicted octanol–water partition coefficient (Wildman–Crippen LogP) is -0.507. The highest BCUT2D eigenvalue weighted by Gasteiger charge is 2.04.